The number of ether oxygens (including phenoxy) is 1. The van der Waals surface area contributed by atoms with Crippen LogP contribution in [0.15, 0.2) is 42.5 Å². The van der Waals surface area contributed by atoms with Crippen molar-refractivity contribution in [1.29, 1.82) is 0 Å². The van der Waals surface area contributed by atoms with Gasteiger partial charge in [0.15, 0.2) is 0 Å². The van der Waals surface area contributed by atoms with Crippen molar-refractivity contribution in [3.05, 3.63) is 48.0 Å². The van der Waals surface area contributed by atoms with Crippen LogP contribution in [-0.2, 0) is 35.7 Å². The molecule has 0 saturated heterocycles. The Kier molecular flexibility index (Phi) is 4.77. The second-order valence-corrected chi connectivity index (χ2v) is 3.41. The van der Waals surface area contributed by atoms with E-state index in [2.05, 4.69) is 4.74 Å². The van der Waals surface area contributed by atoms with E-state index in [4.69, 9.17) is 0 Å². The Hall–Kier alpha value is -1.28. The van der Waals surface area contributed by atoms with Gasteiger partial charge in [-0.15, -0.1) is 0 Å². The minimum atomic E-state index is -0.607. The fourth-order valence-electron chi connectivity index (χ4n) is 1.59. The third-order valence-corrected chi connectivity index (χ3v) is 2.25. The van der Waals surface area contributed by atoms with E-state index < -0.39 is 11.9 Å². The van der Waals surface area contributed by atoms with Crippen LogP contribution >= 0.6 is 0 Å². The molecule has 2 aromatic carbocycles. The van der Waals surface area contributed by atoms with E-state index in [0.717, 1.165) is 10.8 Å². The molecule has 0 unspecified atom stereocenters. The Morgan fingerprint density at radius 1 is 1.00 bits per heavy atom. The predicted octanol–water partition coefficient (Wildman–Crippen LogP) is 2.54. The van der Waals surface area contributed by atoms with Gasteiger partial charge in [-0.05, 0) is 16.8 Å². The van der Waals surface area contributed by atoms with Gasteiger partial charge >= 0.3 is 11.9 Å². The molecule has 0 amide bonds. The first kappa shape index (κ1) is 13.8. The molecule has 0 radical (unpaired) electrons. The molecule has 0 aliphatic rings. The Balaban J connectivity index is 0.00000144. The van der Waals surface area contributed by atoms with Gasteiger partial charge in [0.05, 0.1) is 5.56 Å². The van der Waals surface area contributed by atoms with Crippen molar-refractivity contribution in [2.24, 2.45) is 0 Å². The average Bonchev–Trinajstić information content (AvgIpc) is 2.27. The first-order valence-electron chi connectivity index (χ1n) is 4.89. The smallest absolute Gasteiger partial charge is 0.346 e. The summed E-state index contributed by atoms with van der Waals surface area (Å²) in [5, 5.41) is 1.73. The van der Waals surface area contributed by atoms with Crippen molar-refractivity contribution in [3.8, 4) is 0 Å². The number of rotatable bonds is 1. The van der Waals surface area contributed by atoms with Crippen LogP contribution in [0.5, 0.6) is 0 Å². The second kappa shape index (κ2) is 5.88. The van der Waals surface area contributed by atoms with Crippen LogP contribution in [0.2, 0.25) is 0 Å². The van der Waals surface area contributed by atoms with Crippen LogP contribution < -0.4 is 0 Å². The summed E-state index contributed by atoms with van der Waals surface area (Å²) in [5.41, 5.74) is 0.410. The van der Waals surface area contributed by atoms with Crippen molar-refractivity contribution in [2.75, 3.05) is 0 Å². The van der Waals surface area contributed by atoms with Gasteiger partial charge in [-0.25, -0.2) is 4.79 Å². The second-order valence-electron chi connectivity index (χ2n) is 3.41. The predicted molar refractivity (Wildman–Crippen MR) is 60.0 cm³/mol. The van der Waals surface area contributed by atoms with E-state index >= 15 is 0 Å². The van der Waals surface area contributed by atoms with E-state index in [1.165, 1.54) is 6.92 Å². The maximum Gasteiger partial charge on any atom is 0.346 e. The van der Waals surface area contributed by atoms with E-state index in [1.807, 2.05) is 30.3 Å². The molecule has 0 bridgehead atoms. The SMILES string of the molecule is CC(=O)OC(=O)c1cccc2ccccc12.[Zr]. The van der Waals surface area contributed by atoms with Gasteiger partial charge in [0, 0.05) is 33.1 Å². The fraction of sp³-hybridized carbons (Fsp3) is 0.0769. The van der Waals surface area contributed by atoms with Crippen LogP contribution in [-0.4, -0.2) is 11.9 Å². The summed E-state index contributed by atoms with van der Waals surface area (Å²) in [5.74, 6) is -1.21. The first-order valence-corrected chi connectivity index (χ1v) is 4.89. The number of hydrogen-bond donors (Lipinski definition) is 0. The Morgan fingerprint density at radius 2 is 1.65 bits per heavy atom. The minimum Gasteiger partial charge on any atom is -0.390 e. The van der Waals surface area contributed by atoms with Gasteiger partial charge in [-0.1, -0.05) is 36.4 Å². The molecule has 0 atom stereocenters. The Bertz CT molecular complexity index is 558. The molecule has 0 N–H and O–H groups in total. The molecule has 84 valence electrons. The quantitative estimate of drug-likeness (QED) is 0.601. The summed E-state index contributed by atoms with van der Waals surface area (Å²) in [6, 6.07) is 12.8. The average molecular weight is 305 g/mol. The first-order chi connectivity index (χ1) is 7.68. The fourth-order valence-corrected chi connectivity index (χ4v) is 1.59. The Labute approximate surface area is 118 Å². The number of hydrogen-bond acceptors (Lipinski definition) is 3. The molecule has 4 heteroatoms. The summed E-state index contributed by atoms with van der Waals surface area (Å²) >= 11 is 0. The molecule has 2 rings (SSSR count). The van der Waals surface area contributed by atoms with Crippen molar-refractivity contribution in [1.82, 2.24) is 0 Å². The van der Waals surface area contributed by atoms with Crippen LogP contribution in [0.1, 0.15) is 17.3 Å². The standard InChI is InChI=1S/C13H10O3.Zr/c1-9(14)16-13(15)12-8-4-6-10-5-2-3-7-11(10)12;/h2-8H,1H3;. The van der Waals surface area contributed by atoms with E-state index in [1.54, 1.807) is 12.1 Å². The summed E-state index contributed by atoms with van der Waals surface area (Å²) in [6.07, 6.45) is 0. The zero-order chi connectivity index (χ0) is 11.5. The van der Waals surface area contributed by atoms with E-state index in [0.29, 0.717) is 5.56 Å². The van der Waals surface area contributed by atoms with E-state index in [-0.39, 0.29) is 26.2 Å². The summed E-state index contributed by atoms with van der Waals surface area (Å²) < 4.78 is 4.57. The molecular weight excluding hydrogens is 295 g/mol. The molecule has 0 saturated carbocycles. The van der Waals surface area contributed by atoms with Crippen LogP contribution in [0, 0.1) is 0 Å². The molecule has 0 aliphatic carbocycles. The largest absolute Gasteiger partial charge is 0.390 e. The molecule has 0 aromatic heterocycles. The molecule has 3 nitrogen and oxygen atoms in total. The van der Waals surface area contributed by atoms with Gasteiger partial charge in [0.1, 0.15) is 0 Å². The number of benzene rings is 2. The number of esters is 2. The van der Waals surface area contributed by atoms with E-state index in [9.17, 15) is 9.59 Å². The third-order valence-electron chi connectivity index (χ3n) is 2.25. The van der Waals surface area contributed by atoms with Gasteiger partial charge in [0.2, 0.25) is 0 Å². The summed E-state index contributed by atoms with van der Waals surface area (Å²) in [6.45, 7) is 1.21. The Morgan fingerprint density at radius 3 is 2.35 bits per heavy atom. The maximum absolute atomic E-state index is 11.6. The number of fused-ring (bicyclic) bond motifs is 1. The number of carbonyl (C=O) groups excluding carboxylic acids is 2. The monoisotopic (exact) mass is 304 g/mol. The zero-order valence-electron chi connectivity index (χ0n) is 9.27. The molecule has 0 spiro atoms. The van der Waals surface area contributed by atoms with Gasteiger partial charge in [0.25, 0.3) is 0 Å². The summed E-state index contributed by atoms with van der Waals surface area (Å²) in [7, 11) is 0. The van der Waals surface area contributed by atoms with Crippen molar-refractivity contribution < 1.29 is 40.5 Å². The van der Waals surface area contributed by atoms with Crippen molar-refractivity contribution in [2.45, 2.75) is 6.92 Å². The van der Waals surface area contributed by atoms with Crippen LogP contribution in [0.4, 0.5) is 0 Å². The van der Waals surface area contributed by atoms with Crippen molar-refractivity contribution in [3.63, 3.8) is 0 Å². The normalized spacial score (nSPS) is 9.47. The molecular formula is C13H10O3Zr. The van der Waals surface area contributed by atoms with Gasteiger partial charge in [-0.3, -0.25) is 4.79 Å². The van der Waals surface area contributed by atoms with Gasteiger partial charge < -0.3 is 4.74 Å². The zero-order valence-corrected chi connectivity index (χ0v) is 11.7. The summed E-state index contributed by atoms with van der Waals surface area (Å²) in [4.78, 5) is 22.3. The number of carbonyl (C=O) groups is 2. The molecule has 2 aromatic rings. The van der Waals surface area contributed by atoms with Crippen LogP contribution in [0.25, 0.3) is 10.8 Å². The molecule has 17 heavy (non-hydrogen) atoms. The minimum absolute atomic E-state index is 0. The topological polar surface area (TPSA) is 43.4 Å². The molecule has 0 heterocycles. The molecule has 0 fully saturated rings. The molecule has 0 aliphatic heterocycles. The maximum atomic E-state index is 11.6. The van der Waals surface area contributed by atoms with Crippen molar-refractivity contribution >= 4 is 22.7 Å². The van der Waals surface area contributed by atoms with Crippen LogP contribution in [0.3, 0.4) is 0 Å². The third kappa shape index (κ3) is 3.10. The van der Waals surface area contributed by atoms with Gasteiger partial charge in [-0.2, -0.15) is 0 Å².